The van der Waals surface area contributed by atoms with Gasteiger partial charge in [-0.15, -0.1) is 24.0 Å². The molecule has 0 aromatic carbocycles. The molecule has 34 valence electrons. The van der Waals surface area contributed by atoms with E-state index < -0.39 is 0 Å². The predicted octanol–water partition coefficient (Wildman–Crippen LogP) is -0.190. The lowest BCUT2D eigenvalue weighted by atomic mass is 11.0. The monoisotopic (exact) mass is 190 g/mol. The van der Waals surface area contributed by atoms with Gasteiger partial charge in [0.25, 0.3) is 0 Å². The Morgan fingerprint density at radius 3 is 1.40 bits per heavy atom. The van der Waals surface area contributed by atoms with Crippen LogP contribution in [0.1, 0.15) is 0 Å². The van der Waals surface area contributed by atoms with E-state index in [2.05, 4.69) is 4.74 Å². The standard InChI is InChI=1S/C2H4O.HI.H2O/c1-2-3-1;;/h1-2H2;1H;1H2. The van der Waals surface area contributed by atoms with Gasteiger partial charge in [0.2, 0.25) is 0 Å². The SMILES string of the molecule is C1CO1.I.O. The summed E-state index contributed by atoms with van der Waals surface area (Å²) in [6.45, 7) is 2.00. The molecule has 3 heteroatoms. The zero-order chi connectivity index (χ0) is 2.12. The van der Waals surface area contributed by atoms with E-state index in [1.807, 2.05) is 0 Å². The molecule has 0 aliphatic carbocycles. The smallest absolute Gasteiger partial charge is 0.0701 e. The van der Waals surface area contributed by atoms with Gasteiger partial charge in [-0.25, -0.2) is 0 Å². The van der Waals surface area contributed by atoms with Crippen LogP contribution in [0.25, 0.3) is 0 Å². The number of halogens is 1. The lowest BCUT2D eigenvalue weighted by Gasteiger charge is -1.24. The van der Waals surface area contributed by atoms with Gasteiger partial charge < -0.3 is 10.2 Å². The summed E-state index contributed by atoms with van der Waals surface area (Å²) in [6, 6.07) is 0. The van der Waals surface area contributed by atoms with E-state index in [1.54, 1.807) is 0 Å². The summed E-state index contributed by atoms with van der Waals surface area (Å²) in [6.07, 6.45) is 0. The lowest BCUT2D eigenvalue weighted by molar-refractivity contribution is 0.475. The van der Waals surface area contributed by atoms with Crippen molar-refractivity contribution in [3.8, 4) is 0 Å². The Balaban J connectivity index is 0. The molecule has 0 spiro atoms. The van der Waals surface area contributed by atoms with Crippen molar-refractivity contribution in [1.29, 1.82) is 0 Å². The zero-order valence-electron chi connectivity index (χ0n) is 2.73. The molecule has 2 N–H and O–H groups in total. The van der Waals surface area contributed by atoms with E-state index in [-0.39, 0.29) is 29.5 Å². The van der Waals surface area contributed by atoms with Crippen molar-refractivity contribution in [1.82, 2.24) is 0 Å². The fraction of sp³-hybridized carbons (Fsp3) is 1.00. The third kappa shape index (κ3) is 12.0. The topological polar surface area (TPSA) is 44.0 Å². The highest BCUT2D eigenvalue weighted by Gasteiger charge is 1.94. The van der Waals surface area contributed by atoms with Gasteiger partial charge in [-0.3, -0.25) is 0 Å². The minimum atomic E-state index is 0. The van der Waals surface area contributed by atoms with E-state index in [0.29, 0.717) is 0 Å². The van der Waals surface area contributed by atoms with Crippen molar-refractivity contribution in [2.45, 2.75) is 0 Å². The van der Waals surface area contributed by atoms with Gasteiger partial charge in [-0.05, 0) is 0 Å². The highest BCUT2D eigenvalue weighted by molar-refractivity contribution is 14.0. The maximum Gasteiger partial charge on any atom is 0.0701 e. The Bertz CT molecular complexity index is 12.4. The molecule has 0 amide bonds. The van der Waals surface area contributed by atoms with Crippen LogP contribution in [0.2, 0.25) is 0 Å². The highest BCUT2D eigenvalue weighted by atomic mass is 127. The van der Waals surface area contributed by atoms with E-state index in [0.717, 1.165) is 13.2 Å². The van der Waals surface area contributed by atoms with Crippen LogP contribution in [-0.2, 0) is 4.74 Å². The Labute approximate surface area is 47.8 Å². The molecule has 0 aromatic rings. The Hall–Kier alpha value is 0.650. The first-order valence-electron chi connectivity index (χ1n) is 1.08. The highest BCUT2D eigenvalue weighted by Crippen LogP contribution is 1.84. The molecule has 0 aromatic heterocycles. The first-order valence-corrected chi connectivity index (χ1v) is 1.08. The summed E-state index contributed by atoms with van der Waals surface area (Å²) in [4.78, 5) is 0. The molecule has 1 heterocycles. The van der Waals surface area contributed by atoms with Crippen LogP contribution in [0.15, 0.2) is 0 Å². The fourth-order valence-electron chi connectivity index (χ4n) is 0. The molecule has 0 radical (unpaired) electrons. The second-order valence-electron chi connectivity index (χ2n) is 0.612. The molecule has 1 saturated heterocycles. The third-order valence-corrected chi connectivity index (χ3v) is 0.204. The molecule has 0 atom stereocenters. The maximum absolute atomic E-state index is 4.50. The van der Waals surface area contributed by atoms with Crippen LogP contribution >= 0.6 is 24.0 Å². The fourth-order valence-corrected chi connectivity index (χ4v) is 0. The van der Waals surface area contributed by atoms with Crippen LogP contribution in [-0.4, -0.2) is 18.7 Å². The second-order valence-corrected chi connectivity index (χ2v) is 0.612. The van der Waals surface area contributed by atoms with Gasteiger partial charge in [0.05, 0.1) is 13.2 Å². The molecule has 0 bridgehead atoms. The van der Waals surface area contributed by atoms with Crippen molar-refractivity contribution in [3.63, 3.8) is 0 Å². The molecule has 1 rings (SSSR count). The van der Waals surface area contributed by atoms with Gasteiger partial charge in [0.1, 0.15) is 0 Å². The summed E-state index contributed by atoms with van der Waals surface area (Å²) in [5.41, 5.74) is 0. The lowest BCUT2D eigenvalue weighted by Crippen LogP contribution is -1.20. The molecular weight excluding hydrogens is 183 g/mol. The molecule has 1 fully saturated rings. The summed E-state index contributed by atoms with van der Waals surface area (Å²) >= 11 is 0. The number of hydrogen-bond acceptors (Lipinski definition) is 1. The Kier molecular flexibility index (Phi) is 8.53. The van der Waals surface area contributed by atoms with Crippen LogP contribution in [0.4, 0.5) is 0 Å². The normalized spacial score (nSPS) is 14.4. The molecule has 1 aliphatic rings. The van der Waals surface area contributed by atoms with E-state index in [1.165, 1.54) is 0 Å². The number of ether oxygens (including phenoxy) is 1. The Morgan fingerprint density at radius 1 is 1.20 bits per heavy atom. The van der Waals surface area contributed by atoms with Crippen molar-refractivity contribution in [2.24, 2.45) is 0 Å². The molecule has 2 nitrogen and oxygen atoms in total. The minimum absolute atomic E-state index is 0. The van der Waals surface area contributed by atoms with Gasteiger partial charge in [0, 0.05) is 0 Å². The largest absolute Gasteiger partial charge is 0.412 e. The maximum atomic E-state index is 4.50. The molecule has 5 heavy (non-hydrogen) atoms. The summed E-state index contributed by atoms with van der Waals surface area (Å²) in [5.74, 6) is 0. The molecule has 1 aliphatic heterocycles. The molecular formula is C2H7IO2. The molecule has 0 unspecified atom stereocenters. The van der Waals surface area contributed by atoms with E-state index in [4.69, 9.17) is 0 Å². The van der Waals surface area contributed by atoms with Gasteiger partial charge in [-0.1, -0.05) is 0 Å². The minimum Gasteiger partial charge on any atom is -0.412 e. The summed E-state index contributed by atoms with van der Waals surface area (Å²) < 4.78 is 4.50. The summed E-state index contributed by atoms with van der Waals surface area (Å²) in [5, 5.41) is 0. The van der Waals surface area contributed by atoms with Crippen LogP contribution in [0.5, 0.6) is 0 Å². The average Bonchev–Trinajstić information content (AvgIpc) is 1.46. The Morgan fingerprint density at radius 2 is 1.40 bits per heavy atom. The number of rotatable bonds is 0. The first kappa shape index (κ1) is 9.17. The van der Waals surface area contributed by atoms with Gasteiger partial charge >= 0.3 is 0 Å². The van der Waals surface area contributed by atoms with Crippen molar-refractivity contribution >= 4 is 24.0 Å². The van der Waals surface area contributed by atoms with Crippen LogP contribution < -0.4 is 0 Å². The average molecular weight is 190 g/mol. The number of epoxide rings is 1. The quantitative estimate of drug-likeness (QED) is 0.385. The third-order valence-electron chi connectivity index (χ3n) is 0.204. The first-order chi connectivity index (χ1) is 1.50. The summed E-state index contributed by atoms with van der Waals surface area (Å²) in [7, 11) is 0. The predicted molar refractivity (Wildman–Crippen MR) is 29.8 cm³/mol. The van der Waals surface area contributed by atoms with Crippen molar-refractivity contribution < 1.29 is 10.2 Å². The molecule has 0 saturated carbocycles. The van der Waals surface area contributed by atoms with E-state index in [9.17, 15) is 0 Å². The van der Waals surface area contributed by atoms with Crippen molar-refractivity contribution in [2.75, 3.05) is 13.2 Å². The van der Waals surface area contributed by atoms with Crippen molar-refractivity contribution in [3.05, 3.63) is 0 Å². The van der Waals surface area contributed by atoms with E-state index >= 15 is 0 Å². The van der Waals surface area contributed by atoms with Crippen LogP contribution in [0, 0.1) is 0 Å². The van der Waals surface area contributed by atoms with Gasteiger partial charge in [-0.2, -0.15) is 0 Å². The second kappa shape index (κ2) is 4.65. The zero-order valence-corrected chi connectivity index (χ0v) is 5.06. The van der Waals surface area contributed by atoms with Crippen LogP contribution in [0.3, 0.4) is 0 Å². The van der Waals surface area contributed by atoms with Gasteiger partial charge in [0.15, 0.2) is 0 Å². The number of hydrogen-bond donors (Lipinski definition) is 0.